The van der Waals surface area contributed by atoms with Gasteiger partial charge in [0.15, 0.2) is 0 Å². The van der Waals surface area contributed by atoms with Gasteiger partial charge in [0.2, 0.25) is 5.91 Å². The number of carbonyl (C=O) groups is 2. The van der Waals surface area contributed by atoms with Crippen LogP contribution in [-0.4, -0.2) is 23.0 Å². The molecule has 0 saturated carbocycles. The fourth-order valence-electron chi connectivity index (χ4n) is 1.33. The molecule has 0 radical (unpaired) electrons. The molecule has 0 fully saturated rings. The van der Waals surface area contributed by atoms with Gasteiger partial charge in [0.1, 0.15) is 6.04 Å². The van der Waals surface area contributed by atoms with E-state index >= 15 is 0 Å². The Morgan fingerprint density at radius 1 is 1.35 bits per heavy atom. The van der Waals surface area contributed by atoms with E-state index in [4.69, 9.17) is 16.7 Å². The lowest BCUT2D eigenvalue weighted by molar-refractivity contribution is -0.141. The summed E-state index contributed by atoms with van der Waals surface area (Å²) in [6.07, 6.45) is 0. The van der Waals surface area contributed by atoms with E-state index in [1.165, 1.54) is 6.92 Å². The van der Waals surface area contributed by atoms with E-state index in [0.29, 0.717) is 5.02 Å². The van der Waals surface area contributed by atoms with Crippen molar-refractivity contribution in [3.63, 3.8) is 0 Å². The molecule has 92 valence electrons. The first-order valence-corrected chi connectivity index (χ1v) is 5.58. The van der Waals surface area contributed by atoms with Crippen LogP contribution in [0.1, 0.15) is 25.3 Å². The van der Waals surface area contributed by atoms with Crippen molar-refractivity contribution in [2.75, 3.05) is 0 Å². The molecule has 0 spiro atoms. The smallest absolute Gasteiger partial charge is 0.325 e. The predicted octanol–water partition coefficient (Wildman–Crippen LogP) is 2.03. The average Bonchev–Trinajstić information content (AvgIpc) is 2.27. The molecule has 1 aromatic carbocycles. The Bertz CT molecular complexity index is 434. The van der Waals surface area contributed by atoms with Crippen molar-refractivity contribution >= 4 is 23.5 Å². The summed E-state index contributed by atoms with van der Waals surface area (Å²) >= 11 is 5.82. The van der Waals surface area contributed by atoms with Crippen LogP contribution in [-0.2, 0) is 9.59 Å². The molecular weight excluding hydrogens is 242 g/mol. The van der Waals surface area contributed by atoms with Crippen LogP contribution in [0.5, 0.6) is 0 Å². The van der Waals surface area contributed by atoms with Crippen LogP contribution in [0.3, 0.4) is 0 Å². The molecule has 0 aliphatic carbocycles. The molecule has 1 amide bonds. The van der Waals surface area contributed by atoms with Gasteiger partial charge in [-0.25, -0.2) is 0 Å². The van der Waals surface area contributed by atoms with Gasteiger partial charge in [0.25, 0.3) is 0 Å². The van der Waals surface area contributed by atoms with Gasteiger partial charge in [-0.05, 0) is 31.5 Å². The van der Waals surface area contributed by atoms with Gasteiger partial charge in [0, 0.05) is 5.02 Å². The molecule has 0 aliphatic rings. The first-order valence-electron chi connectivity index (χ1n) is 5.20. The molecule has 2 N–H and O–H groups in total. The largest absolute Gasteiger partial charge is 0.480 e. The summed E-state index contributed by atoms with van der Waals surface area (Å²) in [7, 11) is 0. The molecule has 1 unspecified atom stereocenters. The second kappa shape index (κ2) is 5.68. The number of aliphatic carboxylic acids is 1. The van der Waals surface area contributed by atoms with Gasteiger partial charge in [-0.2, -0.15) is 0 Å². The second-order valence-electron chi connectivity index (χ2n) is 3.85. The Hall–Kier alpha value is -1.55. The van der Waals surface area contributed by atoms with Crippen molar-refractivity contribution in [1.29, 1.82) is 0 Å². The van der Waals surface area contributed by atoms with Gasteiger partial charge >= 0.3 is 5.97 Å². The van der Waals surface area contributed by atoms with Crippen LogP contribution in [0.4, 0.5) is 0 Å². The zero-order valence-corrected chi connectivity index (χ0v) is 10.4. The Labute approximate surface area is 105 Å². The number of nitrogens with one attached hydrogen (secondary N) is 1. The maximum absolute atomic E-state index is 11.8. The molecule has 0 saturated heterocycles. The second-order valence-corrected chi connectivity index (χ2v) is 4.28. The number of benzene rings is 1. The molecule has 4 nitrogen and oxygen atoms in total. The highest BCUT2D eigenvalue weighted by molar-refractivity contribution is 6.30. The molecule has 0 aromatic heterocycles. The van der Waals surface area contributed by atoms with Crippen LogP contribution < -0.4 is 5.32 Å². The first-order chi connectivity index (χ1) is 7.91. The maximum Gasteiger partial charge on any atom is 0.325 e. The molecule has 2 atom stereocenters. The number of rotatable bonds is 4. The molecule has 0 aliphatic heterocycles. The van der Waals surface area contributed by atoms with Crippen molar-refractivity contribution in [1.82, 2.24) is 5.32 Å². The molecule has 0 bridgehead atoms. The number of carbonyl (C=O) groups excluding carboxylic acids is 1. The van der Waals surface area contributed by atoms with Gasteiger partial charge < -0.3 is 10.4 Å². The van der Waals surface area contributed by atoms with E-state index in [2.05, 4.69) is 5.32 Å². The van der Waals surface area contributed by atoms with E-state index in [9.17, 15) is 9.59 Å². The molecule has 17 heavy (non-hydrogen) atoms. The molecule has 1 rings (SSSR count). The van der Waals surface area contributed by atoms with E-state index in [-0.39, 0.29) is 5.91 Å². The van der Waals surface area contributed by atoms with Gasteiger partial charge in [-0.3, -0.25) is 9.59 Å². The summed E-state index contributed by atoms with van der Waals surface area (Å²) in [5.74, 6) is -1.82. The third kappa shape index (κ3) is 3.75. The average molecular weight is 256 g/mol. The zero-order valence-electron chi connectivity index (χ0n) is 9.61. The Morgan fingerprint density at radius 2 is 2.00 bits per heavy atom. The van der Waals surface area contributed by atoms with Crippen LogP contribution in [0.25, 0.3) is 0 Å². The van der Waals surface area contributed by atoms with Crippen molar-refractivity contribution in [2.24, 2.45) is 0 Å². The van der Waals surface area contributed by atoms with Crippen molar-refractivity contribution < 1.29 is 14.7 Å². The minimum Gasteiger partial charge on any atom is -0.480 e. The topological polar surface area (TPSA) is 66.4 Å². The van der Waals surface area contributed by atoms with E-state index in [1.54, 1.807) is 31.2 Å². The quantitative estimate of drug-likeness (QED) is 0.865. The van der Waals surface area contributed by atoms with Crippen LogP contribution in [0, 0.1) is 0 Å². The fraction of sp³-hybridized carbons (Fsp3) is 0.333. The minimum absolute atomic E-state index is 0.331. The number of carboxylic acid groups (broad SMARTS) is 1. The lowest BCUT2D eigenvalue weighted by atomic mass is 10.0. The number of hydrogen-bond donors (Lipinski definition) is 2. The zero-order chi connectivity index (χ0) is 13.0. The number of carboxylic acids is 1. The van der Waals surface area contributed by atoms with Gasteiger partial charge in [-0.15, -0.1) is 0 Å². The third-order valence-corrected chi connectivity index (χ3v) is 2.71. The Morgan fingerprint density at radius 3 is 2.53 bits per heavy atom. The Balaban J connectivity index is 2.73. The SMILES string of the molecule is CC(C(=O)N[C@H](C)C(=O)O)c1cccc(Cl)c1. The predicted molar refractivity (Wildman–Crippen MR) is 65.1 cm³/mol. The monoisotopic (exact) mass is 255 g/mol. The standard InChI is InChI=1S/C12H14ClNO3/c1-7(9-4-3-5-10(13)6-9)11(15)14-8(2)12(16)17/h3-8H,1-2H3,(H,14,15)(H,16,17)/t7?,8-/m1/s1. The normalized spacial score (nSPS) is 13.8. The summed E-state index contributed by atoms with van der Waals surface area (Å²) < 4.78 is 0. The first kappa shape index (κ1) is 13.5. The lowest BCUT2D eigenvalue weighted by Crippen LogP contribution is -2.40. The summed E-state index contributed by atoms with van der Waals surface area (Å²) in [5.41, 5.74) is 0.757. The highest BCUT2D eigenvalue weighted by Gasteiger charge is 2.20. The van der Waals surface area contributed by atoms with Gasteiger partial charge in [0.05, 0.1) is 5.92 Å². The molecular formula is C12H14ClNO3. The molecule has 0 heterocycles. The van der Waals surface area contributed by atoms with Crippen molar-refractivity contribution in [3.8, 4) is 0 Å². The summed E-state index contributed by atoms with van der Waals surface area (Å²) in [6, 6.07) is 6.04. The number of halogens is 1. The fourth-order valence-corrected chi connectivity index (χ4v) is 1.53. The van der Waals surface area contributed by atoms with E-state index in [1.807, 2.05) is 0 Å². The summed E-state index contributed by atoms with van der Waals surface area (Å²) in [4.78, 5) is 22.4. The van der Waals surface area contributed by atoms with Gasteiger partial charge in [-0.1, -0.05) is 23.7 Å². The minimum atomic E-state index is -1.06. The van der Waals surface area contributed by atoms with Crippen molar-refractivity contribution in [3.05, 3.63) is 34.9 Å². The Kier molecular flexibility index (Phi) is 4.52. The van der Waals surface area contributed by atoms with Crippen LogP contribution >= 0.6 is 11.6 Å². The van der Waals surface area contributed by atoms with Crippen molar-refractivity contribution in [2.45, 2.75) is 25.8 Å². The maximum atomic E-state index is 11.8. The number of amides is 1. The highest BCUT2D eigenvalue weighted by Crippen LogP contribution is 2.19. The lowest BCUT2D eigenvalue weighted by Gasteiger charge is -2.15. The number of hydrogen-bond acceptors (Lipinski definition) is 2. The summed E-state index contributed by atoms with van der Waals surface area (Å²) in [5, 5.41) is 11.7. The molecule has 5 heteroatoms. The van der Waals surface area contributed by atoms with Crippen LogP contribution in [0.2, 0.25) is 5.02 Å². The third-order valence-electron chi connectivity index (χ3n) is 2.47. The molecule has 1 aromatic rings. The summed E-state index contributed by atoms with van der Waals surface area (Å²) in [6.45, 7) is 3.13. The van der Waals surface area contributed by atoms with Crippen LogP contribution in [0.15, 0.2) is 24.3 Å². The van der Waals surface area contributed by atoms with E-state index < -0.39 is 17.9 Å². The highest BCUT2D eigenvalue weighted by atomic mass is 35.5. The van der Waals surface area contributed by atoms with E-state index in [0.717, 1.165) is 5.56 Å².